The molecule has 5 heteroatoms. The van der Waals surface area contributed by atoms with Gasteiger partial charge in [-0.05, 0) is 35.4 Å². The molecule has 0 spiro atoms. The Morgan fingerprint density at radius 2 is 1.75 bits per heavy atom. The highest BCUT2D eigenvalue weighted by Gasteiger charge is 2.07. The van der Waals surface area contributed by atoms with E-state index in [1.807, 2.05) is 18.2 Å². The molecule has 0 aliphatic carbocycles. The van der Waals surface area contributed by atoms with E-state index in [0.717, 1.165) is 21.3 Å². The molecule has 0 amide bonds. The van der Waals surface area contributed by atoms with Gasteiger partial charge in [0.15, 0.2) is 0 Å². The predicted molar refractivity (Wildman–Crippen MR) is 79.5 cm³/mol. The van der Waals surface area contributed by atoms with Gasteiger partial charge in [-0.15, -0.1) is 0 Å². The predicted octanol–water partition coefficient (Wildman–Crippen LogP) is 2.97. The van der Waals surface area contributed by atoms with Gasteiger partial charge in [-0.1, -0.05) is 29.5 Å². The lowest BCUT2D eigenvalue weighted by atomic mass is 10.0. The van der Waals surface area contributed by atoms with Crippen molar-refractivity contribution in [1.29, 1.82) is 0 Å². The van der Waals surface area contributed by atoms with Crippen molar-refractivity contribution < 1.29 is 9.90 Å². The zero-order valence-corrected chi connectivity index (χ0v) is 11.5. The Kier molecular flexibility index (Phi) is 2.91. The maximum Gasteiger partial charge on any atom is 0.335 e. The lowest BCUT2D eigenvalue weighted by molar-refractivity contribution is 0.0697. The van der Waals surface area contributed by atoms with E-state index in [1.165, 1.54) is 11.3 Å². The molecular weight excluding hydrogens is 274 g/mol. The fourth-order valence-corrected chi connectivity index (χ4v) is 3.04. The molecule has 0 bridgehead atoms. The summed E-state index contributed by atoms with van der Waals surface area (Å²) in [6, 6.07) is 12.5. The number of nitrogens with zero attached hydrogens (tertiary/aromatic N) is 1. The van der Waals surface area contributed by atoms with Crippen LogP contribution in [-0.2, 0) is 7.05 Å². The number of aromatic nitrogens is 1. The van der Waals surface area contributed by atoms with E-state index in [2.05, 4.69) is 0 Å². The molecule has 1 N–H and O–H groups in total. The van der Waals surface area contributed by atoms with Crippen LogP contribution in [0.4, 0.5) is 0 Å². The number of aromatic carboxylic acids is 1. The number of rotatable bonds is 2. The molecule has 0 saturated carbocycles. The summed E-state index contributed by atoms with van der Waals surface area (Å²) in [7, 11) is 1.75. The minimum atomic E-state index is -0.937. The molecule has 0 saturated heterocycles. The van der Waals surface area contributed by atoms with E-state index in [0.29, 0.717) is 0 Å². The van der Waals surface area contributed by atoms with Crippen LogP contribution >= 0.6 is 11.3 Å². The Labute approximate surface area is 118 Å². The molecule has 1 aromatic heterocycles. The van der Waals surface area contributed by atoms with Crippen LogP contribution in [0.25, 0.3) is 21.3 Å². The molecule has 3 rings (SSSR count). The van der Waals surface area contributed by atoms with Crippen LogP contribution in [0.3, 0.4) is 0 Å². The maximum atomic E-state index is 11.6. The molecule has 0 aliphatic rings. The lowest BCUT2D eigenvalue weighted by Crippen LogP contribution is -2.06. The normalized spacial score (nSPS) is 10.8. The standard InChI is InChI=1S/C15H11NO3S/c1-16-12-7-6-11(8-13(12)20-15(16)19)9-2-4-10(5-3-9)14(17)18/h2-8H,1H3,(H,17,18). The van der Waals surface area contributed by atoms with Gasteiger partial charge in [0.1, 0.15) is 0 Å². The van der Waals surface area contributed by atoms with Crippen molar-refractivity contribution in [2.45, 2.75) is 0 Å². The maximum absolute atomic E-state index is 11.6. The van der Waals surface area contributed by atoms with E-state index in [-0.39, 0.29) is 10.4 Å². The summed E-state index contributed by atoms with van der Waals surface area (Å²) in [4.78, 5) is 22.5. The molecule has 0 unspecified atom stereocenters. The van der Waals surface area contributed by atoms with Gasteiger partial charge in [0.25, 0.3) is 0 Å². The monoisotopic (exact) mass is 285 g/mol. The van der Waals surface area contributed by atoms with Crippen molar-refractivity contribution in [1.82, 2.24) is 4.57 Å². The third-order valence-electron chi connectivity index (χ3n) is 3.26. The largest absolute Gasteiger partial charge is 0.478 e. The molecular formula is C15H11NO3S. The first-order chi connectivity index (χ1) is 9.56. The summed E-state index contributed by atoms with van der Waals surface area (Å²) in [5, 5.41) is 8.89. The number of aryl methyl sites for hydroxylation is 1. The van der Waals surface area contributed by atoms with Crippen molar-refractivity contribution in [3.8, 4) is 11.1 Å². The minimum absolute atomic E-state index is 0.0124. The zero-order chi connectivity index (χ0) is 14.3. The second-order valence-electron chi connectivity index (χ2n) is 4.49. The summed E-state index contributed by atoms with van der Waals surface area (Å²) in [6.07, 6.45) is 0. The molecule has 2 aromatic carbocycles. The average Bonchev–Trinajstić information content (AvgIpc) is 2.74. The third-order valence-corrected chi connectivity index (χ3v) is 4.25. The van der Waals surface area contributed by atoms with Crippen LogP contribution in [0.5, 0.6) is 0 Å². The highest BCUT2D eigenvalue weighted by atomic mass is 32.1. The molecule has 1 heterocycles. The molecule has 3 aromatic rings. The van der Waals surface area contributed by atoms with Crippen LogP contribution < -0.4 is 4.87 Å². The SMILES string of the molecule is Cn1c(=O)sc2cc(-c3ccc(C(=O)O)cc3)ccc21. The number of benzene rings is 2. The Hall–Kier alpha value is -2.40. The second kappa shape index (κ2) is 4.61. The van der Waals surface area contributed by atoms with Crippen LogP contribution in [0.1, 0.15) is 10.4 Å². The molecule has 0 atom stereocenters. The first-order valence-corrected chi connectivity index (χ1v) is 6.81. The first kappa shape index (κ1) is 12.6. The Balaban J connectivity index is 2.10. The minimum Gasteiger partial charge on any atom is -0.478 e. The van der Waals surface area contributed by atoms with Gasteiger partial charge in [-0.3, -0.25) is 4.79 Å². The van der Waals surface area contributed by atoms with E-state index in [1.54, 1.807) is 35.9 Å². The highest BCUT2D eigenvalue weighted by molar-refractivity contribution is 7.16. The summed E-state index contributed by atoms with van der Waals surface area (Å²) < 4.78 is 2.55. The summed E-state index contributed by atoms with van der Waals surface area (Å²) in [5.74, 6) is -0.937. The molecule has 20 heavy (non-hydrogen) atoms. The van der Waals surface area contributed by atoms with Crippen LogP contribution in [0, 0.1) is 0 Å². The first-order valence-electron chi connectivity index (χ1n) is 5.99. The van der Waals surface area contributed by atoms with E-state index in [9.17, 15) is 9.59 Å². The van der Waals surface area contributed by atoms with Crippen molar-refractivity contribution in [2.75, 3.05) is 0 Å². The molecule has 0 aliphatic heterocycles. The van der Waals surface area contributed by atoms with E-state index < -0.39 is 5.97 Å². The van der Waals surface area contributed by atoms with Crippen LogP contribution in [0.15, 0.2) is 47.3 Å². The Morgan fingerprint density at radius 1 is 1.10 bits per heavy atom. The van der Waals surface area contributed by atoms with Crippen molar-refractivity contribution in [2.24, 2.45) is 7.05 Å². The fourth-order valence-electron chi connectivity index (χ4n) is 2.12. The number of hydrogen-bond donors (Lipinski definition) is 1. The average molecular weight is 285 g/mol. The number of carboxylic acid groups (broad SMARTS) is 1. The number of hydrogen-bond acceptors (Lipinski definition) is 3. The smallest absolute Gasteiger partial charge is 0.335 e. The van der Waals surface area contributed by atoms with Gasteiger partial charge in [0.2, 0.25) is 0 Å². The lowest BCUT2D eigenvalue weighted by Gasteiger charge is -2.03. The van der Waals surface area contributed by atoms with Crippen molar-refractivity contribution in [3.05, 3.63) is 57.7 Å². The van der Waals surface area contributed by atoms with E-state index >= 15 is 0 Å². The number of carboxylic acids is 1. The number of thiazole rings is 1. The van der Waals surface area contributed by atoms with Crippen LogP contribution in [-0.4, -0.2) is 15.6 Å². The summed E-state index contributed by atoms with van der Waals surface area (Å²) >= 11 is 1.21. The zero-order valence-electron chi connectivity index (χ0n) is 10.7. The van der Waals surface area contributed by atoms with Crippen LogP contribution in [0.2, 0.25) is 0 Å². The van der Waals surface area contributed by atoms with Crippen molar-refractivity contribution in [3.63, 3.8) is 0 Å². The highest BCUT2D eigenvalue weighted by Crippen LogP contribution is 2.26. The summed E-state index contributed by atoms with van der Waals surface area (Å²) in [5.41, 5.74) is 3.07. The van der Waals surface area contributed by atoms with Gasteiger partial charge in [0.05, 0.1) is 15.8 Å². The molecule has 4 nitrogen and oxygen atoms in total. The summed E-state index contributed by atoms with van der Waals surface area (Å²) in [6.45, 7) is 0. The molecule has 100 valence electrons. The molecule has 0 fully saturated rings. The van der Waals surface area contributed by atoms with Gasteiger partial charge < -0.3 is 9.67 Å². The quantitative estimate of drug-likeness (QED) is 0.787. The number of carbonyl (C=O) groups is 1. The van der Waals surface area contributed by atoms with Gasteiger partial charge in [-0.2, -0.15) is 0 Å². The van der Waals surface area contributed by atoms with Crippen molar-refractivity contribution >= 4 is 27.5 Å². The Bertz CT molecular complexity index is 859. The van der Waals surface area contributed by atoms with E-state index in [4.69, 9.17) is 5.11 Å². The topological polar surface area (TPSA) is 59.3 Å². The van der Waals surface area contributed by atoms with Gasteiger partial charge in [-0.25, -0.2) is 4.79 Å². The third kappa shape index (κ3) is 2.02. The Morgan fingerprint density at radius 3 is 2.40 bits per heavy atom. The van der Waals surface area contributed by atoms with Gasteiger partial charge in [0, 0.05) is 7.05 Å². The van der Waals surface area contributed by atoms with Gasteiger partial charge >= 0.3 is 10.8 Å². The fraction of sp³-hybridized carbons (Fsp3) is 0.0667. The number of fused-ring (bicyclic) bond motifs is 1. The second-order valence-corrected chi connectivity index (χ2v) is 5.49. The molecule has 0 radical (unpaired) electrons.